The summed E-state index contributed by atoms with van der Waals surface area (Å²) in [6.07, 6.45) is 2.85. The van der Waals surface area contributed by atoms with Crippen LogP contribution in [-0.4, -0.2) is 18.5 Å². The van der Waals surface area contributed by atoms with Crippen molar-refractivity contribution in [2.45, 2.75) is 26.2 Å². The fourth-order valence-corrected chi connectivity index (χ4v) is 4.56. The molecule has 1 aliphatic carbocycles. The van der Waals surface area contributed by atoms with Crippen molar-refractivity contribution in [2.75, 3.05) is 11.9 Å². The minimum absolute atomic E-state index is 0.374. The number of hydrogen-bond acceptors (Lipinski definition) is 5. The van der Waals surface area contributed by atoms with Crippen molar-refractivity contribution in [2.24, 2.45) is 5.92 Å². The van der Waals surface area contributed by atoms with Crippen LogP contribution in [-0.2, 0) is 22.4 Å². The zero-order valence-electron chi connectivity index (χ0n) is 14.2. The van der Waals surface area contributed by atoms with Gasteiger partial charge in [-0.25, -0.2) is 4.79 Å². The molecule has 0 radical (unpaired) electrons. The lowest BCUT2D eigenvalue weighted by atomic mass is 9.89. The van der Waals surface area contributed by atoms with Crippen LogP contribution in [0.25, 0.3) is 0 Å². The molecule has 1 atom stereocenters. The van der Waals surface area contributed by atoms with Crippen molar-refractivity contribution < 1.29 is 14.3 Å². The normalized spacial score (nSPS) is 15.7. The van der Waals surface area contributed by atoms with Crippen LogP contribution in [0.2, 0.25) is 0 Å². The molecule has 1 aromatic carbocycles. The van der Waals surface area contributed by atoms with E-state index in [4.69, 9.17) is 4.74 Å². The largest absolute Gasteiger partial charge is 0.452 e. The Morgan fingerprint density at radius 1 is 1.38 bits per heavy atom. The maximum atomic E-state index is 12.1. The molecule has 0 fully saturated rings. The van der Waals surface area contributed by atoms with Gasteiger partial charge in [-0.2, -0.15) is 5.26 Å². The highest BCUT2D eigenvalue weighted by molar-refractivity contribution is 9.10. The summed E-state index contributed by atoms with van der Waals surface area (Å²) < 4.78 is 5.90. The van der Waals surface area contributed by atoms with Gasteiger partial charge in [0.05, 0.1) is 11.1 Å². The molecule has 1 heterocycles. The number of benzene rings is 1. The topological polar surface area (TPSA) is 79.2 Å². The molecule has 0 bridgehead atoms. The minimum atomic E-state index is -0.563. The number of amides is 1. The van der Waals surface area contributed by atoms with Gasteiger partial charge in [0, 0.05) is 9.35 Å². The Labute approximate surface area is 164 Å². The Kier molecular flexibility index (Phi) is 5.74. The van der Waals surface area contributed by atoms with Crippen LogP contribution in [0.1, 0.15) is 39.7 Å². The summed E-state index contributed by atoms with van der Waals surface area (Å²) in [4.78, 5) is 25.3. The number of halogens is 1. The Balaban J connectivity index is 1.63. The molecule has 134 valence electrons. The summed E-state index contributed by atoms with van der Waals surface area (Å²) in [5.41, 5.74) is 1.97. The molecule has 1 amide bonds. The van der Waals surface area contributed by atoms with Crippen LogP contribution < -0.4 is 5.32 Å². The fraction of sp³-hybridized carbons (Fsp3) is 0.316. The number of nitrogens with zero attached hydrogens (tertiary/aromatic N) is 1. The van der Waals surface area contributed by atoms with Gasteiger partial charge >= 0.3 is 5.97 Å². The van der Waals surface area contributed by atoms with E-state index >= 15 is 0 Å². The Morgan fingerprint density at radius 3 is 2.81 bits per heavy atom. The molecule has 0 saturated heterocycles. The highest BCUT2D eigenvalue weighted by atomic mass is 79.9. The smallest absolute Gasteiger partial charge is 0.338 e. The first kappa shape index (κ1) is 18.6. The third-order valence-corrected chi connectivity index (χ3v) is 5.99. The van der Waals surface area contributed by atoms with Crippen LogP contribution in [0.5, 0.6) is 0 Å². The summed E-state index contributed by atoms with van der Waals surface area (Å²) in [7, 11) is 0. The summed E-state index contributed by atoms with van der Waals surface area (Å²) >= 11 is 4.74. The summed E-state index contributed by atoms with van der Waals surface area (Å²) in [5, 5.41) is 12.7. The van der Waals surface area contributed by atoms with E-state index in [0.717, 1.165) is 29.3 Å². The molecule has 1 aromatic heterocycles. The van der Waals surface area contributed by atoms with Crippen molar-refractivity contribution in [1.82, 2.24) is 0 Å². The lowest BCUT2D eigenvalue weighted by Crippen LogP contribution is -2.20. The standard InChI is InChI=1S/C19H17BrN2O3S/c1-11-2-7-14-15(9-21)18(26-16(14)8-11)22-17(23)10-25-19(24)12-3-5-13(20)6-4-12/h3-6,11H,2,7-8,10H2,1H3,(H,22,23). The van der Waals surface area contributed by atoms with E-state index in [-0.39, 0.29) is 0 Å². The molecule has 7 heteroatoms. The lowest BCUT2D eigenvalue weighted by Gasteiger charge is -2.17. The molecular weight excluding hydrogens is 416 g/mol. The van der Waals surface area contributed by atoms with Gasteiger partial charge in [-0.15, -0.1) is 11.3 Å². The third-order valence-electron chi connectivity index (χ3n) is 4.29. The van der Waals surface area contributed by atoms with Gasteiger partial charge in [-0.3, -0.25) is 4.79 Å². The number of hydrogen-bond donors (Lipinski definition) is 1. The van der Waals surface area contributed by atoms with Crippen LogP contribution in [0.4, 0.5) is 5.00 Å². The zero-order chi connectivity index (χ0) is 18.7. The average Bonchev–Trinajstić information content (AvgIpc) is 2.96. The second-order valence-electron chi connectivity index (χ2n) is 6.30. The minimum Gasteiger partial charge on any atom is -0.452 e. The first-order valence-corrected chi connectivity index (χ1v) is 9.86. The number of ether oxygens (including phenoxy) is 1. The third kappa shape index (κ3) is 4.14. The maximum Gasteiger partial charge on any atom is 0.338 e. The summed E-state index contributed by atoms with van der Waals surface area (Å²) in [5.74, 6) is -0.422. The second-order valence-corrected chi connectivity index (χ2v) is 8.32. The van der Waals surface area contributed by atoms with E-state index in [1.165, 1.54) is 16.2 Å². The number of fused-ring (bicyclic) bond motifs is 1. The predicted octanol–water partition coefficient (Wildman–Crippen LogP) is 4.30. The first-order chi connectivity index (χ1) is 12.5. The van der Waals surface area contributed by atoms with Crippen molar-refractivity contribution in [3.8, 4) is 6.07 Å². The molecule has 1 N–H and O–H groups in total. The van der Waals surface area contributed by atoms with E-state index in [0.29, 0.717) is 22.0 Å². The van der Waals surface area contributed by atoms with Gasteiger partial charge in [-0.1, -0.05) is 22.9 Å². The molecule has 1 aliphatic rings. The van der Waals surface area contributed by atoms with Gasteiger partial charge in [0.25, 0.3) is 5.91 Å². The number of carbonyl (C=O) groups excluding carboxylic acids is 2. The number of esters is 1. The molecule has 26 heavy (non-hydrogen) atoms. The number of rotatable bonds is 4. The van der Waals surface area contributed by atoms with Crippen LogP contribution in [0.15, 0.2) is 28.7 Å². The molecule has 0 saturated carbocycles. The molecule has 1 unspecified atom stereocenters. The quantitative estimate of drug-likeness (QED) is 0.730. The SMILES string of the molecule is CC1CCc2c(sc(NC(=O)COC(=O)c3ccc(Br)cc3)c2C#N)C1. The number of anilines is 1. The molecule has 5 nitrogen and oxygen atoms in total. The first-order valence-electron chi connectivity index (χ1n) is 8.25. The fourth-order valence-electron chi connectivity index (χ4n) is 2.92. The van der Waals surface area contributed by atoms with Crippen molar-refractivity contribution in [1.29, 1.82) is 5.26 Å². The maximum absolute atomic E-state index is 12.1. The molecular formula is C19H17BrN2O3S. The second kappa shape index (κ2) is 8.02. The highest BCUT2D eigenvalue weighted by Gasteiger charge is 2.24. The van der Waals surface area contributed by atoms with E-state index in [2.05, 4.69) is 34.2 Å². The van der Waals surface area contributed by atoms with E-state index in [1.54, 1.807) is 24.3 Å². The van der Waals surface area contributed by atoms with Gasteiger partial charge in [0.2, 0.25) is 0 Å². The Bertz CT molecular complexity index is 883. The van der Waals surface area contributed by atoms with Gasteiger partial charge in [-0.05, 0) is 55.0 Å². The van der Waals surface area contributed by atoms with E-state index in [1.807, 2.05) is 0 Å². The van der Waals surface area contributed by atoms with Crippen molar-refractivity contribution in [3.05, 3.63) is 50.3 Å². The average molecular weight is 433 g/mol. The molecule has 0 spiro atoms. The van der Waals surface area contributed by atoms with Crippen molar-refractivity contribution >= 4 is 44.1 Å². The van der Waals surface area contributed by atoms with E-state index < -0.39 is 18.5 Å². The summed E-state index contributed by atoms with van der Waals surface area (Å²) in [6, 6.07) is 8.90. The van der Waals surface area contributed by atoms with Crippen LogP contribution >= 0.6 is 27.3 Å². The van der Waals surface area contributed by atoms with Crippen LogP contribution in [0.3, 0.4) is 0 Å². The number of nitriles is 1. The summed E-state index contributed by atoms with van der Waals surface area (Å²) in [6.45, 7) is 1.80. The lowest BCUT2D eigenvalue weighted by molar-refractivity contribution is -0.119. The molecule has 0 aliphatic heterocycles. The van der Waals surface area contributed by atoms with Gasteiger partial charge < -0.3 is 10.1 Å². The zero-order valence-corrected chi connectivity index (χ0v) is 16.6. The van der Waals surface area contributed by atoms with Crippen molar-refractivity contribution in [3.63, 3.8) is 0 Å². The van der Waals surface area contributed by atoms with Crippen LogP contribution in [0, 0.1) is 17.2 Å². The van der Waals surface area contributed by atoms with Gasteiger partial charge in [0.1, 0.15) is 11.1 Å². The highest BCUT2D eigenvalue weighted by Crippen LogP contribution is 2.39. The Morgan fingerprint density at radius 2 is 2.12 bits per heavy atom. The van der Waals surface area contributed by atoms with Gasteiger partial charge in [0.15, 0.2) is 6.61 Å². The monoisotopic (exact) mass is 432 g/mol. The predicted molar refractivity (Wildman–Crippen MR) is 103 cm³/mol. The molecule has 3 rings (SSSR count). The van der Waals surface area contributed by atoms with E-state index in [9.17, 15) is 14.9 Å². The number of nitrogens with one attached hydrogen (secondary N) is 1. The number of carbonyl (C=O) groups is 2. The number of thiophene rings is 1. The Hall–Kier alpha value is -2.17. The molecule has 2 aromatic rings.